The van der Waals surface area contributed by atoms with E-state index in [2.05, 4.69) is 5.32 Å². The van der Waals surface area contributed by atoms with Crippen molar-refractivity contribution in [1.29, 1.82) is 0 Å². The van der Waals surface area contributed by atoms with Gasteiger partial charge in [0.05, 0.1) is 4.90 Å². The Balaban J connectivity index is 2.24. The first kappa shape index (κ1) is 21.0. The molecular formula is C21H27NO4S. The molecule has 2 rings (SSSR count). The van der Waals surface area contributed by atoms with Gasteiger partial charge >= 0.3 is 6.09 Å². The van der Waals surface area contributed by atoms with Crippen LogP contribution in [0.15, 0.2) is 59.5 Å². The van der Waals surface area contributed by atoms with Gasteiger partial charge in [0.25, 0.3) is 0 Å². The zero-order chi connectivity index (χ0) is 20.1. The van der Waals surface area contributed by atoms with E-state index in [4.69, 9.17) is 4.74 Å². The van der Waals surface area contributed by atoms with Crippen molar-refractivity contribution in [3.8, 4) is 0 Å². The smallest absolute Gasteiger partial charge is 0.408 e. The maximum Gasteiger partial charge on any atom is 0.408 e. The molecule has 0 saturated carbocycles. The highest BCUT2D eigenvalue weighted by Crippen LogP contribution is 2.20. The highest BCUT2D eigenvalue weighted by atomic mass is 32.2. The molecule has 5 nitrogen and oxygen atoms in total. The van der Waals surface area contributed by atoms with Gasteiger partial charge in [-0.05, 0) is 58.2 Å². The quantitative estimate of drug-likeness (QED) is 0.801. The lowest BCUT2D eigenvalue weighted by molar-refractivity contribution is 0.0518. The van der Waals surface area contributed by atoms with Crippen molar-refractivity contribution in [3.63, 3.8) is 0 Å². The fourth-order valence-electron chi connectivity index (χ4n) is 2.58. The molecule has 27 heavy (non-hydrogen) atoms. The number of amides is 1. The van der Waals surface area contributed by atoms with Gasteiger partial charge in [0.2, 0.25) is 0 Å². The molecule has 1 atom stereocenters. The Morgan fingerprint density at radius 1 is 1.04 bits per heavy atom. The lowest BCUT2D eigenvalue weighted by atomic mass is 10.1. The van der Waals surface area contributed by atoms with Crippen LogP contribution < -0.4 is 5.32 Å². The molecule has 0 heterocycles. The number of sulfone groups is 1. The highest BCUT2D eigenvalue weighted by Gasteiger charge is 2.30. The molecule has 2 aromatic carbocycles. The molecule has 0 aromatic heterocycles. The van der Waals surface area contributed by atoms with E-state index < -0.39 is 26.9 Å². The van der Waals surface area contributed by atoms with Gasteiger partial charge in [-0.3, -0.25) is 0 Å². The van der Waals surface area contributed by atoms with Gasteiger partial charge in [-0.1, -0.05) is 48.0 Å². The minimum absolute atomic E-state index is 0.183. The summed E-state index contributed by atoms with van der Waals surface area (Å²) >= 11 is 0. The minimum atomic E-state index is -3.75. The van der Waals surface area contributed by atoms with Gasteiger partial charge in [-0.15, -0.1) is 0 Å². The molecule has 2 aromatic rings. The van der Waals surface area contributed by atoms with Crippen LogP contribution in [0.3, 0.4) is 0 Å². The van der Waals surface area contributed by atoms with Crippen LogP contribution in [0.4, 0.5) is 4.79 Å². The Labute approximate surface area is 161 Å². The summed E-state index contributed by atoms with van der Waals surface area (Å²) in [5.41, 5.74) is 1.27. The monoisotopic (exact) mass is 389 g/mol. The number of ether oxygens (including phenoxy) is 1. The average Bonchev–Trinajstić information content (AvgIpc) is 2.58. The van der Waals surface area contributed by atoms with Crippen molar-refractivity contribution in [2.45, 2.75) is 56.4 Å². The van der Waals surface area contributed by atoms with Gasteiger partial charge in [-0.25, -0.2) is 13.2 Å². The maximum atomic E-state index is 13.1. The van der Waals surface area contributed by atoms with E-state index in [-0.39, 0.29) is 11.3 Å². The topological polar surface area (TPSA) is 72.5 Å². The number of benzene rings is 2. The first-order valence-electron chi connectivity index (χ1n) is 8.92. The summed E-state index contributed by atoms with van der Waals surface area (Å²) in [6.45, 7) is 7.10. The van der Waals surface area contributed by atoms with Crippen LogP contribution in [0.25, 0.3) is 0 Å². The molecule has 0 spiro atoms. The Bertz CT molecular complexity index is 853. The van der Waals surface area contributed by atoms with E-state index in [1.165, 1.54) is 0 Å². The third kappa shape index (κ3) is 6.40. The normalized spacial score (nSPS) is 13.0. The van der Waals surface area contributed by atoms with E-state index >= 15 is 0 Å². The molecule has 1 amide bonds. The van der Waals surface area contributed by atoms with Crippen molar-refractivity contribution in [3.05, 3.63) is 65.7 Å². The van der Waals surface area contributed by atoms with Crippen LogP contribution in [0, 0.1) is 6.92 Å². The van der Waals surface area contributed by atoms with Crippen LogP contribution in [-0.4, -0.2) is 25.5 Å². The molecule has 0 bridgehead atoms. The van der Waals surface area contributed by atoms with Crippen LogP contribution in [-0.2, 0) is 21.0 Å². The van der Waals surface area contributed by atoms with Crippen LogP contribution >= 0.6 is 0 Å². The second-order valence-corrected chi connectivity index (χ2v) is 9.65. The van der Waals surface area contributed by atoms with Crippen molar-refractivity contribution in [2.24, 2.45) is 0 Å². The number of hydrogen-bond acceptors (Lipinski definition) is 4. The molecule has 0 saturated heterocycles. The molecule has 146 valence electrons. The van der Waals surface area contributed by atoms with Gasteiger partial charge in [0.1, 0.15) is 11.0 Å². The Morgan fingerprint density at radius 2 is 1.63 bits per heavy atom. The van der Waals surface area contributed by atoms with E-state index in [9.17, 15) is 13.2 Å². The summed E-state index contributed by atoms with van der Waals surface area (Å²) in [7, 11) is -3.75. The molecule has 0 fully saturated rings. The largest absolute Gasteiger partial charge is 0.444 e. The predicted octanol–water partition coefficient (Wildman–Crippen LogP) is 4.25. The van der Waals surface area contributed by atoms with E-state index in [1.807, 2.05) is 37.3 Å². The fourth-order valence-corrected chi connectivity index (χ4v) is 4.10. The lowest BCUT2D eigenvalue weighted by Crippen LogP contribution is -2.43. The molecule has 6 heteroatoms. The summed E-state index contributed by atoms with van der Waals surface area (Å²) < 4.78 is 31.4. The van der Waals surface area contributed by atoms with E-state index in [1.54, 1.807) is 45.0 Å². The zero-order valence-corrected chi connectivity index (χ0v) is 17.0. The summed E-state index contributed by atoms with van der Waals surface area (Å²) in [6.07, 6.45) is 0.0301. The van der Waals surface area contributed by atoms with Gasteiger partial charge in [0, 0.05) is 0 Å². The zero-order valence-electron chi connectivity index (χ0n) is 16.2. The van der Waals surface area contributed by atoms with Crippen molar-refractivity contribution >= 4 is 15.9 Å². The second-order valence-electron chi connectivity index (χ2n) is 7.52. The Morgan fingerprint density at radius 3 is 2.19 bits per heavy atom. The number of hydrogen-bond donors (Lipinski definition) is 1. The summed E-state index contributed by atoms with van der Waals surface area (Å²) in [5, 5.41) is 1.47. The van der Waals surface area contributed by atoms with E-state index in [0.29, 0.717) is 6.42 Å². The maximum absolute atomic E-state index is 13.1. The third-order valence-electron chi connectivity index (χ3n) is 3.94. The second kappa shape index (κ2) is 8.57. The summed E-state index contributed by atoms with van der Waals surface area (Å²) in [6, 6.07) is 16.2. The number of carbonyl (C=O) groups excluding carboxylic acids is 1. The van der Waals surface area contributed by atoms with Gasteiger partial charge in [-0.2, -0.15) is 0 Å². The molecule has 0 radical (unpaired) electrons. The molecule has 1 N–H and O–H groups in total. The molecule has 0 aliphatic heterocycles. The third-order valence-corrected chi connectivity index (χ3v) is 5.97. The Kier molecular flexibility index (Phi) is 6.65. The standard InChI is InChI=1S/C21H27NO4S/c1-16-10-13-18(14-11-16)27(24,25)19(22-20(23)26-21(2,3)4)15-12-17-8-6-5-7-9-17/h5-11,13-14,19H,12,15H2,1-4H3,(H,22,23). The van der Waals surface area contributed by atoms with Crippen LogP contribution in [0.5, 0.6) is 0 Å². The number of carbonyl (C=O) groups is 1. The first-order valence-corrected chi connectivity index (χ1v) is 10.5. The van der Waals surface area contributed by atoms with Crippen LogP contribution in [0.2, 0.25) is 0 Å². The average molecular weight is 390 g/mol. The fraction of sp³-hybridized carbons (Fsp3) is 0.381. The van der Waals surface area contributed by atoms with Crippen molar-refractivity contribution in [1.82, 2.24) is 5.32 Å². The van der Waals surface area contributed by atoms with Crippen molar-refractivity contribution in [2.75, 3.05) is 0 Å². The van der Waals surface area contributed by atoms with Gasteiger partial charge in [0.15, 0.2) is 9.84 Å². The highest BCUT2D eigenvalue weighted by molar-refractivity contribution is 7.92. The van der Waals surface area contributed by atoms with E-state index in [0.717, 1.165) is 11.1 Å². The Hall–Kier alpha value is -2.34. The first-order chi connectivity index (χ1) is 12.6. The van der Waals surface area contributed by atoms with Crippen LogP contribution in [0.1, 0.15) is 38.3 Å². The summed E-state index contributed by atoms with van der Waals surface area (Å²) in [5.74, 6) is 0. The number of alkyl carbamates (subject to hydrolysis) is 1. The molecule has 0 aliphatic carbocycles. The lowest BCUT2D eigenvalue weighted by Gasteiger charge is -2.24. The number of aryl methyl sites for hydroxylation is 2. The molecular weight excluding hydrogens is 362 g/mol. The number of nitrogens with one attached hydrogen (secondary N) is 1. The SMILES string of the molecule is Cc1ccc(S(=O)(=O)C(CCc2ccccc2)NC(=O)OC(C)(C)C)cc1. The summed E-state index contributed by atoms with van der Waals surface area (Å²) in [4.78, 5) is 12.4. The van der Waals surface area contributed by atoms with Gasteiger partial charge < -0.3 is 10.1 Å². The van der Waals surface area contributed by atoms with Crippen molar-refractivity contribution < 1.29 is 17.9 Å². The molecule has 0 aliphatic rings. The molecule has 1 unspecified atom stereocenters. The predicted molar refractivity (Wildman–Crippen MR) is 106 cm³/mol. The minimum Gasteiger partial charge on any atom is -0.444 e. The number of rotatable bonds is 6.